The second kappa shape index (κ2) is 5.71. The van der Waals surface area contributed by atoms with Crippen molar-refractivity contribution in [3.8, 4) is 0 Å². The van der Waals surface area contributed by atoms with Gasteiger partial charge in [0, 0.05) is 25.7 Å². The highest BCUT2D eigenvalue weighted by Crippen LogP contribution is 2.15. The monoisotopic (exact) mass is 264 g/mol. The summed E-state index contributed by atoms with van der Waals surface area (Å²) >= 11 is 0. The van der Waals surface area contributed by atoms with Gasteiger partial charge in [-0.3, -0.25) is 4.79 Å². The van der Waals surface area contributed by atoms with E-state index < -0.39 is 0 Å². The van der Waals surface area contributed by atoms with Crippen molar-refractivity contribution >= 4 is 5.69 Å². The number of anilines is 1. The fourth-order valence-electron chi connectivity index (χ4n) is 2.72. The summed E-state index contributed by atoms with van der Waals surface area (Å²) in [6, 6.07) is 1.90. The van der Waals surface area contributed by atoms with Crippen LogP contribution in [0.1, 0.15) is 18.9 Å². The quantitative estimate of drug-likeness (QED) is 0.815. The van der Waals surface area contributed by atoms with Crippen LogP contribution in [0.3, 0.4) is 0 Å². The normalized spacial score (nSPS) is 24.4. The number of hydrogen-bond acceptors (Lipinski definition) is 5. The Morgan fingerprint density at radius 1 is 1.37 bits per heavy atom. The van der Waals surface area contributed by atoms with Crippen LogP contribution in [0.2, 0.25) is 0 Å². The second-order valence-electron chi connectivity index (χ2n) is 5.10. The van der Waals surface area contributed by atoms with Crippen molar-refractivity contribution < 1.29 is 4.74 Å². The first kappa shape index (κ1) is 12.6. The van der Waals surface area contributed by atoms with Gasteiger partial charge in [-0.2, -0.15) is 5.10 Å². The largest absolute Gasteiger partial charge is 0.378 e. The molecule has 2 aliphatic rings. The van der Waals surface area contributed by atoms with Gasteiger partial charge in [-0.05, 0) is 19.4 Å². The van der Waals surface area contributed by atoms with Gasteiger partial charge in [-0.25, -0.2) is 4.68 Å². The molecule has 2 aliphatic heterocycles. The summed E-state index contributed by atoms with van der Waals surface area (Å²) in [6.07, 6.45) is 3.93. The average molecular weight is 264 g/mol. The lowest BCUT2D eigenvalue weighted by Gasteiger charge is -2.29. The molecular weight excluding hydrogens is 244 g/mol. The number of rotatable bonds is 2. The molecule has 104 valence electrons. The highest BCUT2D eigenvalue weighted by atomic mass is 16.5. The van der Waals surface area contributed by atoms with Crippen molar-refractivity contribution in [2.45, 2.75) is 18.9 Å². The van der Waals surface area contributed by atoms with Crippen LogP contribution in [-0.2, 0) is 4.74 Å². The zero-order valence-electron chi connectivity index (χ0n) is 11.0. The Bertz CT molecular complexity index is 476. The maximum absolute atomic E-state index is 12.2. The molecule has 2 saturated heterocycles. The molecule has 0 radical (unpaired) electrons. The molecule has 1 atom stereocenters. The molecule has 1 aromatic rings. The smallest absolute Gasteiger partial charge is 0.269 e. The number of nitrogens with one attached hydrogen (secondary N) is 1. The zero-order valence-corrected chi connectivity index (χ0v) is 11.0. The van der Waals surface area contributed by atoms with Crippen LogP contribution in [0.5, 0.6) is 0 Å². The van der Waals surface area contributed by atoms with Gasteiger partial charge >= 0.3 is 0 Å². The first-order valence-electron chi connectivity index (χ1n) is 6.97. The van der Waals surface area contributed by atoms with Gasteiger partial charge < -0.3 is 15.0 Å². The number of hydrogen-bond donors (Lipinski definition) is 1. The Morgan fingerprint density at radius 2 is 2.21 bits per heavy atom. The van der Waals surface area contributed by atoms with Gasteiger partial charge in [0.1, 0.15) is 0 Å². The maximum atomic E-state index is 12.2. The van der Waals surface area contributed by atoms with Crippen LogP contribution in [0.4, 0.5) is 5.69 Å². The molecule has 6 heteroatoms. The van der Waals surface area contributed by atoms with Crippen LogP contribution in [-0.4, -0.2) is 49.2 Å². The molecule has 3 rings (SSSR count). The number of morpholine rings is 1. The fourth-order valence-corrected chi connectivity index (χ4v) is 2.72. The van der Waals surface area contributed by atoms with Crippen LogP contribution in [0, 0.1) is 0 Å². The first-order valence-corrected chi connectivity index (χ1v) is 6.97. The molecule has 1 aromatic heterocycles. The van der Waals surface area contributed by atoms with Gasteiger partial charge in [-0.15, -0.1) is 0 Å². The molecule has 19 heavy (non-hydrogen) atoms. The molecule has 0 spiro atoms. The molecule has 0 saturated carbocycles. The van der Waals surface area contributed by atoms with Crippen molar-refractivity contribution in [2.75, 3.05) is 44.3 Å². The van der Waals surface area contributed by atoms with E-state index >= 15 is 0 Å². The summed E-state index contributed by atoms with van der Waals surface area (Å²) in [5.41, 5.74) is 0.908. The Morgan fingerprint density at radius 3 is 2.89 bits per heavy atom. The topological polar surface area (TPSA) is 59.4 Å². The summed E-state index contributed by atoms with van der Waals surface area (Å²) in [4.78, 5) is 14.4. The molecule has 2 fully saturated rings. The van der Waals surface area contributed by atoms with E-state index in [-0.39, 0.29) is 11.6 Å². The molecule has 0 aromatic carbocycles. The highest BCUT2D eigenvalue weighted by Gasteiger charge is 2.18. The zero-order chi connectivity index (χ0) is 13.1. The SMILES string of the molecule is O=c1cc(N2CCOCC2)cnn1C1CCCNC1. The molecule has 1 unspecified atom stereocenters. The summed E-state index contributed by atoms with van der Waals surface area (Å²) in [5.74, 6) is 0. The standard InChI is InChI=1S/C13H20N4O2/c18-13-8-12(16-4-6-19-7-5-16)10-15-17(13)11-2-1-3-14-9-11/h8,10-11,14H,1-7,9H2. The predicted molar refractivity (Wildman–Crippen MR) is 72.7 cm³/mol. The molecule has 1 N–H and O–H groups in total. The number of nitrogens with zero attached hydrogens (tertiary/aromatic N) is 3. The van der Waals surface area contributed by atoms with Crippen LogP contribution < -0.4 is 15.8 Å². The minimum atomic E-state index is -0.00214. The van der Waals surface area contributed by atoms with E-state index in [4.69, 9.17) is 4.74 Å². The summed E-state index contributed by atoms with van der Waals surface area (Å²) in [5, 5.41) is 7.67. The average Bonchev–Trinajstić information content (AvgIpc) is 2.49. The van der Waals surface area contributed by atoms with Crippen molar-refractivity contribution in [1.82, 2.24) is 15.1 Å². The third-order valence-electron chi connectivity index (χ3n) is 3.80. The molecular formula is C13H20N4O2. The number of ether oxygens (including phenoxy) is 1. The van der Waals surface area contributed by atoms with E-state index in [1.807, 2.05) is 0 Å². The minimum Gasteiger partial charge on any atom is -0.378 e. The lowest BCUT2D eigenvalue weighted by molar-refractivity contribution is 0.122. The molecule has 0 aliphatic carbocycles. The molecule has 3 heterocycles. The van der Waals surface area contributed by atoms with Crippen molar-refractivity contribution in [3.05, 3.63) is 22.6 Å². The van der Waals surface area contributed by atoms with Gasteiger partial charge in [0.15, 0.2) is 0 Å². The lowest BCUT2D eigenvalue weighted by atomic mass is 10.1. The number of aromatic nitrogens is 2. The Hall–Kier alpha value is -1.40. The first-order chi connectivity index (χ1) is 9.34. The molecule has 0 amide bonds. The Labute approximate surface area is 112 Å². The summed E-state index contributed by atoms with van der Waals surface area (Å²) in [6.45, 7) is 4.97. The van der Waals surface area contributed by atoms with Gasteiger partial charge in [-0.1, -0.05) is 0 Å². The van der Waals surface area contributed by atoms with E-state index in [0.29, 0.717) is 0 Å². The van der Waals surface area contributed by atoms with Crippen molar-refractivity contribution in [2.24, 2.45) is 0 Å². The van der Waals surface area contributed by atoms with Crippen LogP contribution >= 0.6 is 0 Å². The Balaban J connectivity index is 1.78. The maximum Gasteiger partial charge on any atom is 0.269 e. The van der Waals surface area contributed by atoms with Gasteiger partial charge in [0.25, 0.3) is 5.56 Å². The van der Waals surface area contributed by atoms with E-state index in [0.717, 1.165) is 57.9 Å². The van der Waals surface area contributed by atoms with E-state index in [9.17, 15) is 4.79 Å². The van der Waals surface area contributed by atoms with E-state index in [1.54, 1.807) is 16.9 Å². The number of piperidine rings is 1. The fraction of sp³-hybridized carbons (Fsp3) is 0.692. The lowest BCUT2D eigenvalue weighted by Crippen LogP contribution is -2.40. The van der Waals surface area contributed by atoms with E-state index in [2.05, 4.69) is 15.3 Å². The van der Waals surface area contributed by atoms with Crippen molar-refractivity contribution in [1.29, 1.82) is 0 Å². The van der Waals surface area contributed by atoms with Crippen molar-refractivity contribution in [3.63, 3.8) is 0 Å². The minimum absolute atomic E-state index is 0.00214. The third-order valence-corrected chi connectivity index (χ3v) is 3.80. The third kappa shape index (κ3) is 2.79. The molecule has 6 nitrogen and oxygen atoms in total. The van der Waals surface area contributed by atoms with Crippen LogP contribution in [0.15, 0.2) is 17.1 Å². The molecule has 0 bridgehead atoms. The second-order valence-corrected chi connectivity index (χ2v) is 5.10. The van der Waals surface area contributed by atoms with Gasteiger partial charge in [0.05, 0.1) is 31.1 Å². The summed E-state index contributed by atoms with van der Waals surface area (Å²) < 4.78 is 6.94. The Kier molecular flexibility index (Phi) is 3.79. The van der Waals surface area contributed by atoms with Crippen LogP contribution in [0.25, 0.3) is 0 Å². The van der Waals surface area contributed by atoms with Gasteiger partial charge in [0.2, 0.25) is 0 Å². The predicted octanol–water partition coefficient (Wildman–Crippen LogP) is 0.00440. The van der Waals surface area contributed by atoms with E-state index in [1.165, 1.54) is 0 Å². The summed E-state index contributed by atoms with van der Waals surface area (Å²) in [7, 11) is 0. The highest BCUT2D eigenvalue weighted by molar-refractivity contribution is 5.43.